The summed E-state index contributed by atoms with van der Waals surface area (Å²) in [5.41, 5.74) is 0. The first-order chi connectivity index (χ1) is 9.90. The lowest BCUT2D eigenvalue weighted by atomic mass is 9.76. The molecule has 2 aliphatic rings. The minimum Gasteiger partial charge on any atom is -0.0651 e. The molecular formula is C20H38. The van der Waals surface area contributed by atoms with Gasteiger partial charge in [0.05, 0.1) is 0 Å². The molecule has 2 unspecified atom stereocenters. The van der Waals surface area contributed by atoms with Crippen LogP contribution in [-0.2, 0) is 0 Å². The van der Waals surface area contributed by atoms with E-state index in [1.165, 1.54) is 77.0 Å². The minimum absolute atomic E-state index is 1.05. The SMILES string of the molecule is CCC1CCCCCCC(C2CCCCCCCC2)C1. The summed E-state index contributed by atoms with van der Waals surface area (Å²) in [6.07, 6.45) is 24.4. The highest BCUT2D eigenvalue weighted by Crippen LogP contribution is 2.37. The topological polar surface area (TPSA) is 0 Å². The summed E-state index contributed by atoms with van der Waals surface area (Å²) >= 11 is 0. The van der Waals surface area contributed by atoms with Gasteiger partial charge in [-0.15, -0.1) is 0 Å². The molecule has 2 fully saturated rings. The summed E-state index contributed by atoms with van der Waals surface area (Å²) in [4.78, 5) is 0. The van der Waals surface area contributed by atoms with E-state index in [9.17, 15) is 0 Å². The highest BCUT2D eigenvalue weighted by molar-refractivity contribution is 4.76. The predicted molar refractivity (Wildman–Crippen MR) is 90.0 cm³/mol. The van der Waals surface area contributed by atoms with Crippen molar-refractivity contribution in [2.75, 3.05) is 0 Å². The third kappa shape index (κ3) is 5.78. The lowest BCUT2D eigenvalue weighted by Gasteiger charge is -2.30. The molecule has 0 aromatic heterocycles. The van der Waals surface area contributed by atoms with E-state index >= 15 is 0 Å². The second-order valence-electron chi connectivity index (χ2n) is 7.72. The van der Waals surface area contributed by atoms with Gasteiger partial charge in [-0.1, -0.05) is 103 Å². The standard InChI is InChI=1S/C20H38/c1-2-18-13-9-7-8-12-16-20(17-18)19-14-10-5-3-4-6-11-15-19/h18-20H,2-17H2,1H3. The van der Waals surface area contributed by atoms with Crippen molar-refractivity contribution in [3.8, 4) is 0 Å². The molecule has 0 saturated heterocycles. The maximum absolute atomic E-state index is 2.43. The van der Waals surface area contributed by atoms with Gasteiger partial charge in [0.15, 0.2) is 0 Å². The first-order valence-corrected chi connectivity index (χ1v) is 9.90. The van der Waals surface area contributed by atoms with Crippen LogP contribution < -0.4 is 0 Å². The smallest absolute Gasteiger partial charge is 0.0383 e. The largest absolute Gasteiger partial charge is 0.0651 e. The predicted octanol–water partition coefficient (Wildman–Crippen LogP) is 7.12. The molecule has 0 spiro atoms. The van der Waals surface area contributed by atoms with Crippen LogP contribution in [0.4, 0.5) is 0 Å². The van der Waals surface area contributed by atoms with Crippen LogP contribution in [0.3, 0.4) is 0 Å². The van der Waals surface area contributed by atoms with Crippen molar-refractivity contribution < 1.29 is 0 Å². The molecule has 118 valence electrons. The van der Waals surface area contributed by atoms with Gasteiger partial charge in [0.25, 0.3) is 0 Å². The molecule has 2 saturated carbocycles. The Morgan fingerprint density at radius 1 is 0.550 bits per heavy atom. The van der Waals surface area contributed by atoms with Crippen LogP contribution in [0.25, 0.3) is 0 Å². The van der Waals surface area contributed by atoms with Crippen molar-refractivity contribution in [3.05, 3.63) is 0 Å². The maximum atomic E-state index is 2.43. The average Bonchev–Trinajstić information content (AvgIpc) is 2.68. The molecule has 20 heavy (non-hydrogen) atoms. The van der Waals surface area contributed by atoms with Crippen molar-refractivity contribution in [2.45, 2.75) is 110 Å². The Hall–Kier alpha value is 0. The molecule has 0 amide bonds. The Morgan fingerprint density at radius 3 is 1.55 bits per heavy atom. The van der Waals surface area contributed by atoms with Gasteiger partial charge in [-0.25, -0.2) is 0 Å². The summed E-state index contributed by atoms with van der Waals surface area (Å²) in [6, 6.07) is 0. The summed E-state index contributed by atoms with van der Waals surface area (Å²) in [7, 11) is 0. The fourth-order valence-electron chi connectivity index (χ4n) is 4.79. The molecule has 2 aliphatic carbocycles. The number of rotatable bonds is 2. The van der Waals surface area contributed by atoms with Crippen LogP contribution in [0.1, 0.15) is 110 Å². The second-order valence-corrected chi connectivity index (χ2v) is 7.72. The summed E-state index contributed by atoms with van der Waals surface area (Å²) in [5.74, 6) is 3.21. The molecule has 0 nitrogen and oxygen atoms in total. The molecular weight excluding hydrogens is 240 g/mol. The highest BCUT2D eigenvalue weighted by atomic mass is 14.3. The molecule has 0 radical (unpaired) electrons. The molecule has 0 N–H and O–H groups in total. The van der Waals surface area contributed by atoms with Gasteiger partial charge in [-0.2, -0.15) is 0 Å². The van der Waals surface area contributed by atoms with Crippen LogP contribution in [0, 0.1) is 17.8 Å². The van der Waals surface area contributed by atoms with Crippen molar-refractivity contribution in [1.29, 1.82) is 0 Å². The van der Waals surface area contributed by atoms with Crippen LogP contribution in [0.15, 0.2) is 0 Å². The molecule has 0 heteroatoms. The Labute approximate surface area is 128 Å². The first kappa shape index (κ1) is 16.4. The fraction of sp³-hybridized carbons (Fsp3) is 1.00. The molecule has 0 bridgehead atoms. The van der Waals surface area contributed by atoms with Crippen LogP contribution >= 0.6 is 0 Å². The number of hydrogen-bond acceptors (Lipinski definition) is 0. The van der Waals surface area contributed by atoms with Gasteiger partial charge < -0.3 is 0 Å². The van der Waals surface area contributed by atoms with E-state index in [1.54, 1.807) is 25.7 Å². The monoisotopic (exact) mass is 278 g/mol. The van der Waals surface area contributed by atoms with E-state index in [-0.39, 0.29) is 0 Å². The van der Waals surface area contributed by atoms with Gasteiger partial charge >= 0.3 is 0 Å². The summed E-state index contributed by atoms with van der Waals surface area (Å²) in [5, 5.41) is 0. The molecule has 0 aromatic rings. The Bertz CT molecular complexity index is 222. The quantitative estimate of drug-likeness (QED) is 0.504. The molecule has 2 rings (SSSR count). The summed E-state index contributed by atoms with van der Waals surface area (Å²) < 4.78 is 0. The van der Waals surface area contributed by atoms with Gasteiger partial charge in [0.1, 0.15) is 0 Å². The molecule has 0 aliphatic heterocycles. The fourth-order valence-corrected chi connectivity index (χ4v) is 4.79. The van der Waals surface area contributed by atoms with Crippen molar-refractivity contribution in [2.24, 2.45) is 17.8 Å². The summed E-state index contributed by atoms with van der Waals surface area (Å²) in [6.45, 7) is 2.43. The van der Waals surface area contributed by atoms with Gasteiger partial charge in [0, 0.05) is 0 Å². The third-order valence-electron chi connectivity index (χ3n) is 6.22. The molecule has 0 heterocycles. The van der Waals surface area contributed by atoms with Crippen LogP contribution in [-0.4, -0.2) is 0 Å². The zero-order chi connectivity index (χ0) is 14.0. The maximum Gasteiger partial charge on any atom is -0.0383 e. The highest BCUT2D eigenvalue weighted by Gasteiger charge is 2.24. The normalized spacial score (nSPS) is 32.2. The van der Waals surface area contributed by atoms with Gasteiger partial charge in [-0.05, 0) is 24.2 Å². The van der Waals surface area contributed by atoms with E-state index in [0.29, 0.717) is 0 Å². The zero-order valence-electron chi connectivity index (χ0n) is 14.0. The lowest BCUT2D eigenvalue weighted by Crippen LogP contribution is -2.18. The van der Waals surface area contributed by atoms with E-state index in [2.05, 4.69) is 6.92 Å². The van der Waals surface area contributed by atoms with Gasteiger partial charge in [-0.3, -0.25) is 0 Å². The lowest BCUT2D eigenvalue weighted by molar-refractivity contribution is 0.215. The van der Waals surface area contributed by atoms with Crippen LogP contribution in [0.2, 0.25) is 0 Å². The van der Waals surface area contributed by atoms with E-state index in [4.69, 9.17) is 0 Å². The first-order valence-electron chi connectivity index (χ1n) is 9.90. The Kier molecular flexibility index (Phi) is 8.06. The van der Waals surface area contributed by atoms with E-state index in [0.717, 1.165) is 17.8 Å². The average molecular weight is 279 g/mol. The third-order valence-corrected chi connectivity index (χ3v) is 6.22. The van der Waals surface area contributed by atoms with Gasteiger partial charge in [0.2, 0.25) is 0 Å². The Balaban J connectivity index is 1.92. The van der Waals surface area contributed by atoms with Crippen molar-refractivity contribution in [1.82, 2.24) is 0 Å². The van der Waals surface area contributed by atoms with Crippen LogP contribution in [0.5, 0.6) is 0 Å². The molecule has 0 aromatic carbocycles. The van der Waals surface area contributed by atoms with E-state index in [1.807, 2.05) is 0 Å². The minimum atomic E-state index is 1.05. The molecule has 2 atom stereocenters. The zero-order valence-corrected chi connectivity index (χ0v) is 14.0. The Morgan fingerprint density at radius 2 is 1.00 bits per heavy atom. The van der Waals surface area contributed by atoms with Crippen molar-refractivity contribution in [3.63, 3.8) is 0 Å². The number of hydrogen-bond donors (Lipinski definition) is 0. The van der Waals surface area contributed by atoms with Crippen molar-refractivity contribution >= 4 is 0 Å². The second kappa shape index (κ2) is 9.85. The van der Waals surface area contributed by atoms with E-state index < -0.39 is 0 Å².